The number of aromatic nitrogens is 1. The Balaban J connectivity index is 0.00000208. The number of nitrogens with two attached hydrogens (primary N) is 1. The molecular weight excluding hydrogens is 349 g/mol. The van der Waals surface area contributed by atoms with Gasteiger partial charge >= 0.3 is 0 Å². The molecule has 0 radical (unpaired) electrons. The molecule has 130 valence electrons. The van der Waals surface area contributed by atoms with Crippen LogP contribution in [0, 0.1) is 5.92 Å². The number of amides is 1. The zero-order valence-electron chi connectivity index (χ0n) is 13.4. The highest BCUT2D eigenvalue weighted by atomic mass is 35.5. The van der Waals surface area contributed by atoms with Crippen LogP contribution in [0.15, 0.2) is 34.9 Å². The lowest BCUT2D eigenvalue weighted by molar-refractivity contribution is 0.0670. The van der Waals surface area contributed by atoms with E-state index in [9.17, 15) is 4.79 Å². The van der Waals surface area contributed by atoms with E-state index in [1.54, 1.807) is 18.2 Å². The lowest BCUT2D eigenvalue weighted by atomic mass is 9.91. The fourth-order valence-corrected chi connectivity index (χ4v) is 3.13. The summed E-state index contributed by atoms with van der Waals surface area (Å²) in [5.74, 6) is 0.935. The average Bonchev–Trinajstić information content (AvgIpc) is 3.04. The van der Waals surface area contributed by atoms with Crippen molar-refractivity contribution in [3.8, 4) is 11.3 Å². The van der Waals surface area contributed by atoms with Crippen LogP contribution < -0.4 is 5.73 Å². The second kappa shape index (κ2) is 8.01. The van der Waals surface area contributed by atoms with Crippen molar-refractivity contribution in [3.63, 3.8) is 0 Å². The maximum Gasteiger partial charge on any atom is 0.276 e. The van der Waals surface area contributed by atoms with Gasteiger partial charge < -0.3 is 15.2 Å². The lowest BCUT2D eigenvalue weighted by Gasteiger charge is -2.33. The molecule has 0 aliphatic carbocycles. The van der Waals surface area contributed by atoms with E-state index in [-0.39, 0.29) is 24.4 Å². The van der Waals surface area contributed by atoms with Crippen LogP contribution in [-0.2, 0) is 0 Å². The molecule has 1 amide bonds. The summed E-state index contributed by atoms with van der Waals surface area (Å²) >= 11 is 5.98. The number of rotatable bonds is 3. The zero-order valence-corrected chi connectivity index (χ0v) is 15.0. The molecule has 2 aromatic rings. The van der Waals surface area contributed by atoms with Crippen LogP contribution in [0.25, 0.3) is 11.3 Å². The first-order valence-corrected chi connectivity index (χ1v) is 8.20. The smallest absolute Gasteiger partial charge is 0.276 e. The molecule has 3 rings (SSSR count). The molecule has 7 heteroatoms. The second-order valence-electron chi connectivity index (χ2n) is 6.08. The van der Waals surface area contributed by atoms with E-state index in [0.29, 0.717) is 35.5 Å². The van der Waals surface area contributed by atoms with Crippen LogP contribution in [0.4, 0.5) is 0 Å². The quantitative estimate of drug-likeness (QED) is 0.896. The summed E-state index contributed by atoms with van der Waals surface area (Å²) in [6.45, 7) is 3.45. The van der Waals surface area contributed by atoms with Gasteiger partial charge in [0, 0.05) is 35.8 Å². The van der Waals surface area contributed by atoms with Gasteiger partial charge in [0.25, 0.3) is 5.91 Å². The van der Waals surface area contributed by atoms with Crippen LogP contribution in [0.3, 0.4) is 0 Å². The molecule has 5 nitrogen and oxygen atoms in total. The van der Waals surface area contributed by atoms with Crippen molar-refractivity contribution < 1.29 is 9.32 Å². The molecule has 1 aromatic carbocycles. The fraction of sp³-hybridized carbons (Fsp3) is 0.412. The van der Waals surface area contributed by atoms with Crippen molar-refractivity contribution >= 4 is 29.9 Å². The molecule has 1 atom stereocenters. The van der Waals surface area contributed by atoms with Crippen molar-refractivity contribution in [2.24, 2.45) is 11.7 Å². The van der Waals surface area contributed by atoms with Gasteiger partial charge in [-0.3, -0.25) is 4.79 Å². The van der Waals surface area contributed by atoms with Crippen LogP contribution in [0.5, 0.6) is 0 Å². The molecular formula is C17H21Cl2N3O2. The first kappa shape index (κ1) is 18.8. The molecule has 1 fully saturated rings. The van der Waals surface area contributed by atoms with Gasteiger partial charge in [0.1, 0.15) is 0 Å². The van der Waals surface area contributed by atoms with Gasteiger partial charge in [-0.25, -0.2) is 0 Å². The van der Waals surface area contributed by atoms with E-state index in [1.165, 1.54) is 0 Å². The van der Waals surface area contributed by atoms with E-state index in [4.69, 9.17) is 21.9 Å². The average molecular weight is 370 g/mol. The van der Waals surface area contributed by atoms with Gasteiger partial charge in [0.15, 0.2) is 11.5 Å². The maximum atomic E-state index is 12.5. The van der Waals surface area contributed by atoms with Crippen molar-refractivity contribution in [2.75, 3.05) is 13.1 Å². The van der Waals surface area contributed by atoms with Crippen molar-refractivity contribution in [2.45, 2.75) is 25.8 Å². The molecule has 1 unspecified atom stereocenters. The van der Waals surface area contributed by atoms with Gasteiger partial charge in [0.2, 0.25) is 0 Å². The number of carbonyl (C=O) groups excluding carboxylic acids is 1. The Labute approximate surface area is 152 Å². The molecule has 1 aliphatic rings. The molecule has 1 aromatic heterocycles. The Kier molecular flexibility index (Phi) is 6.27. The van der Waals surface area contributed by atoms with E-state index in [1.807, 2.05) is 24.0 Å². The number of benzene rings is 1. The van der Waals surface area contributed by atoms with E-state index < -0.39 is 0 Å². The molecule has 1 saturated heterocycles. The third kappa shape index (κ3) is 4.09. The molecule has 2 heterocycles. The Morgan fingerprint density at radius 2 is 2.08 bits per heavy atom. The van der Waals surface area contributed by atoms with E-state index in [2.05, 4.69) is 5.16 Å². The number of nitrogens with zero attached hydrogens (tertiary/aromatic N) is 2. The molecule has 0 saturated carbocycles. The Morgan fingerprint density at radius 3 is 2.71 bits per heavy atom. The Hall–Kier alpha value is -1.56. The number of carbonyl (C=O) groups is 1. The first-order valence-electron chi connectivity index (χ1n) is 7.82. The summed E-state index contributed by atoms with van der Waals surface area (Å²) in [6.07, 6.45) is 1.87. The van der Waals surface area contributed by atoms with Crippen molar-refractivity contribution in [1.82, 2.24) is 10.1 Å². The summed E-state index contributed by atoms with van der Waals surface area (Å²) in [5.41, 5.74) is 7.08. The van der Waals surface area contributed by atoms with Crippen LogP contribution >= 0.6 is 24.0 Å². The van der Waals surface area contributed by atoms with E-state index >= 15 is 0 Å². The zero-order chi connectivity index (χ0) is 16.4. The number of hydrogen-bond donors (Lipinski definition) is 1. The highest BCUT2D eigenvalue weighted by Crippen LogP contribution is 2.25. The summed E-state index contributed by atoms with van der Waals surface area (Å²) in [4.78, 5) is 14.4. The molecule has 0 bridgehead atoms. The Morgan fingerprint density at radius 1 is 1.38 bits per heavy atom. The van der Waals surface area contributed by atoms with Gasteiger partial charge in [-0.1, -0.05) is 28.9 Å². The third-order valence-electron chi connectivity index (χ3n) is 4.41. The van der Waals surface area contributed by atoms with Crippen molar-refractivity contribution in [3.05, 3.63) is 41.0 Å². The molecule has 1 aliphatic heterocycles. The number of piperidine rings is 1. The SMILES string of the molecule is CC(N)C1CCN(C(=O)c2cc(-c3cccc(Cl)c3)on2)CC1.Cl. The van der Waals surface area contributed by atoms with Gasteiger partial charge in [-0.2, -0.15) is 0 Å². The summed E-state index contributed by atoms with van der Waals surface area (Å²) < 4.78 is 5.30. The normalized spacial score (nSPS) is 16.5. The summed E-state index contributed by atoms with van der Waals surface area (Å²) in [7, 11) is 0. The molecule has 2 N–H and O–H groups in total. The van der Waals surface area contributed by atoms with Crippen LogP contribution in [0.1, 0.15) is 30.3 Å². The predicted octanol–water partition coefficient (Wildman–Crippen LogP) is 3.62. The highest BCUT2D eigenvalue weighted by Gasteiger charge is 2.27. The first-order chi connectivity index (χ1) is 11.0. The highest BCUT2D eigenvalue weighted by molar-refractivity contribution is 6.30. The molecule has 24 heavy (non-hydrogen) atoms. The standard InChI is InChI=1S/C17H20ClN3O2.ClH/c1-11(19)12-5-7-21(8-6-12)17(22)15-10-16(23-20-15)13-3-2-4-14(18)9-13;/h2-4,9-12H,5-8,19H2,1H3;1H. The number of hydrogen-bond acceptors (Lipinski definition) is 4. The maximum absolute atomic E-state index is 12.5. The van der Waals surface area contributed by atoms with Crippen molar-refractivity contribution in [1.29, 1.82) is 0 Å². The predicted molar refractivity (Wildman–Crippen MR) is 96.5 cm³/mol. The van der Waals surface area contributed by atoms with Gasteiger partial charge in [-0.05, 0) is 37.8 Å². The lowest BCUT2D eigenvalue weighted by Crippen LogP contribution is -2.42. The minimum absolute atomic E-state index is 0. The monoisotopic (exact) mass is 369 g/mol. The fourth-order valence-electron chi connectivity index (χ4n) is 2.94. The molecule has 0 spiro atoms. The minimum atomic E-state index is -0.0925. The van der Waals surface area contributed by atoms with E-state index in [0.717, 1.165) is 18.4 Å². The third-order valence-corrected chi connectivity index (χ3v) is 4.64. The largest absolute Gasteiger partial charge is 0.355 e. The van der Waals surface area contributed by atoms with Gasteiger partial charge in [0.05, 0.1) is 0 Å². The minimum Gasteiger partial charge on any atom is -0.355 e. The number of likely N-dealkylation sites (tertiary alicyclic amines) is 1. The summed E-state index contributed by atoms with van der Waals surface area (Å²) in [6, 6.07) is 9.12. The topological polar surface area (TPSA) is 72.4 Å². The van der Waals surface area contributed by atoms with Crippen LogP contribution in [0.2, 0.25) is 5.02 Å². The second-order valence-corrected chi connectivity index (χ2v) is 6.51. The van der Waals surface area contributed by atoms with Gasteiger partial charge in [-0.15, -0.1) is 12.4 Å². The number of halogens is 2. The van der Waals surface area contributed by atoms with Crippen LogP contribution in [-0.4, -0.2) is 35.1 Å². The Bertz CT molecular complexity index is 695. The summed E-state index contributed by atoms with van der Waals surface area (Å²) in [5, 5.41) is 4.53.